The molecule has 2 unspecified atom stereocenters. The van der Waals surface area contributed by atoms with Gasteiger partial charge in [0.1, 0.15) is 5.82 Å². The molecule has 1 N–H and O–H groups in total. The molecule has 2 saturated heterocycles. The lowest BCUT2D eigenvalue weighted by molar-refractivity contribution is -0.125. The van der Waals surface area contributed by atoms with Gasteiger partial charge in [-0.15, -0.1) is 0 Å². The van der Waals surface area contributed by atoms with E-state index in [0.29, 0.717) is 43.0 Å². The highest BCUT2D eigenvalue weighted by atomic mass is 16.5. The first-order chi connectivity index (χ1) is 19.5. The van der Waals surface area contributed by atoms with Crippen LogP contribution in [-0.2, 0) is 20.9 Å². The van der Waals surface area contributed by atoms with Crippen LogP contribution in [0.4, 0.5) is 5.82 Å². The van der Waals surface area contributed by atoms with Gasteiger partial charge < -0.3 is 15.0 Å². The van der Waals surface area contributed by atoms with E-state index >= 15 is 0 Å². The van der Waals surface area contributed by atoms with E-state index in [1.807, 2.05) is 17.0 Å². The minimum Gasteiger partial charge on any atom is -0.379 e. The van der Waals surface area contributed by atoms with Crippen molar-refractivity contribution >= 4 is 36.0 Å². The molecule has 3 aliphatic rings. The molecular formula is C32H35N5O3. The number of likely N-dealkylation sites (tertiary alicyclic amines) is 1. The Morgan fingerprint density at radius 2 is 1.98 bits per heavy atom. The van der Waals surface area contributed by atoms with Gasteiger partial charge in [-0.05, 0) is 53.8 Å². The molecule has 2 aliphatic heterocycles. The molecule has 1 aromatic heterocycles. The Bertz CT molecular complexity index is 1360. The number of benzene rings is 1. The average molecular weight is 538 g/mol. The van der Waals surface area contributed by atoms with Gasteiger partial charge in [-0.1, -0.05) is 49.1 Å². The molecule has 3 heterocycles. The first-order valence-electron chi connectivity index (χ1n) is 13.7. The number of anilines is 1. The number of pyridine rings is 1. The molecule has 0 saturated carbocycles. The van der Waals surface area contributed by atoms with Crippen molar-refractivity contribution in [3.05, 3.63) is 95.9 Å². The lowest BCUT2D eigenvalue weighted by Gasteiger charge is -2.27. The van der Waals surface area contributed by atoms with Crippen molar-refractivity contribution in [2.75, 3.05) is 44.7 Å². The largest absolute Gasteiger partial charge is 0.379 e. The fourth-order valence-corrected chi connectivity index (χ4v) is 5.56. The van der Waals surface area contributed by atoms with E-state index in [1.165, 1.54) is 23.4 Å². The number of amides is 2. The maximum Gasteiger partial charge on any atom is 0.258 e. The molecule has 5 rings (SSSR count). The topological polar surface area (TPSA) is 87.1 Å². The SMILES string of the molecule is C=C/C(=C\N=C)C(=O)Nc1ncc(/C=C/C(=O)N2CC3C=C(c4ccccc4)CC3C2)cc1CN1CCOCC1. The minimum atomic E-state index is -0.361. The third-order valence-electron chi connectivity index (χ3n) is 7.69. The molecule has 8 heteroatoms. The molecule has 1 aliphatic carbocycles. The monoisotopic (exact) mass is 537 g/mol. The number of rotatable bonds is 9. The van der Waals surface area contributed by atoms with Crippen LogP contribution in [0.5, 0.6) is 0 Å². The van der Waals surface area contributed by atoms with Crippen molar-refractivity contribution in [2.45, 2.75) is 13.0 Å². The number of morpholine rings is 1. The Labute approximate surface area is 235 Å². The van der Waals surface area contributed by atoms with Crippen LogP contribution in [0.2, 0.25) is 0 Å². The second-order valence-electron chi connectivity index (χ2n) is 10.4. The Hall–Kier alpha value is -4.14. The number of aliphatic imine (C=N–C) groups is 1. The van der Waals surface area contributed by atoms with Crippen molar-refractivity contribution in [1.29, 1.82) is 0 Å². The number of ether oxygens (including phenoxy) is 1. The number of carbonyl (C=O) groups is 2. The Balaban J connectivity index is 1.27. The van der Waals surface area contributed by atoms with Gasteiger partial charge >= 0.3 is 0 Å². The number of fused-ring (bicyclic) bond motifs is 1. The predicted octanol–water partition coefficient (Wildman–Crippen LogP) is 4.20. The van der Waals surface area contributed by atoms with E-state index in [4.69, 9.17) is 4.74 Å². The van der Waals surface area contributed by atoms with Gasteiger partial charge in [-0.3, -0.25) is 19.5 Å². The highest BCUT2D eigenvalue weighted by Gasteiger charge is 2.37. The minimum absolute atomic E-state index is 0.00820. The normalized spacial score (nSPS) is 21.2. The van der Waals surface area contributed by atoms with Crippen LogP contribution in [0.1, 0.15) is 23.1 Å². The van der Waals surface area contributed by atoms with Crippen LogP contribution in [-0.4, -0.2) is 72.7 Å². The predicted molar refractivity (Wildman–Crippen MR) is 158 cm³/mol. The summed E-state index contributed by atoms with van der Waals surface area (Å²) in [6.45, 7) is 12.1. The summed E-state index contributed by atoms with van der Waals surface area (Å²) in [6.07, 6.45) is 11.2. The zero-order valence-electron chi connectivity index (χ0n) is 22.7. The lowest BCUT2D eigenvalue weighted by Crippen LogP contribution is -2.36. The molecule has 206 valence electrons. The van der Waals surface area contributed by atoms with Crippen LogP contribution >= 0.6 is 0 Å². The molecule has 0 bridgehead atoms. The maximum absolute atomic E-state index is 13.1. The highest BCUT2D eigenvalue weighted by Crippen LogP contribution is 2.41. The summed E-state index contributed by atoms with van der Waals surface area (Å²) in [5, 5.41) is 2.87. The molecule has 2 amide bonds. The van der Waals surface area contributed by atoms with E-state index in [9.17, 15) is 9.59 Å². The number of allylic oxidation sites excluding steroid dienone is 1. The summed E-state index contributed by atoms with van der Waals surface area (Å²) in [5.74, 6) is 0.991. The fourth-order valence-electron chi connectivity index (χ4n) is 5.56. The van der Waals surface area contributed by atoms with Gasteiger partial charge in [0.25, 0.3) is 5.91 Å². The van der Waals surface area contributed by atoms with Crippen molar-refractivity contribution in [1.82, 2.24) is 14.8 Å². The van der Waals surface area contributed by atoms with Gasteiger partial charge in [-0.2, -0.15) is 0 Å². The molecule has 0 radical (unpaired) electrons. The Kier molecular flexibility index (Phi) is 8.78. The summed E-state index contributed by atoms with van der Waals surface area (Å²) < 4.78 is 5.48. The van der Waals surface area contributed by atoms with E-state index in [-0.39, 0.29) is 11.8 Å². The zero-order chi connectivity index (χ0) is 27.9. The number of carbonyl (C=O) groups excluding carboxylic acids is 2. The molecule has 2 fully saturated rings. The van der Waals surface area contributed by atoms with Gasteiger partial charge in [-0.25, -0.2) is 4.98 Å². The van der Waals surface area contributed by atoms with Crippen LogP contribution in [0.25, 0.3) is 11.6 Å². The van der Waals surface area contributed by atoms with Crippen molar-refractivity contribution in [2.24, 2.45) is 16.8 Å². The van der Waals surface area contributed by atoms with E-state index < -0.39 is 0 Å². The van der Waals surface area contributed by atoms with Gasteiger partial charge in [0.05, 0.1) is 18.8 Å². The maximum atomic E-state index is 13.1. The number of nitrogens with zero attached hydrogens (tertiary/aromatic N) is 4. The number of nitrogens with one attached hydrogen (secondary N) is 1. The van der Waals surface area contributed by atoms with Crippen molar-refractivity contribution in [3.63, 3.8) is 0 Å². The smallest absolute Gasteiger partial charge is 0.258 e. The van der Waals surface area contributed by atoms with Gasteiger partial charge in [0, 0.05) is 56.8 Å². The summed E-state index contributed by atoms with van der Waals surface area (Å²) in [6, 6.07) is 12.5. The van der Waals surface area contributed by atoms with Crippen LogP contribution < -0.4 is 5.32 Å². The Morgan fingerprint density at radius 3 is 2.70 bits per heavy atom. The lowest BCUT2D eigenvalue weighted by atomic mass is 9.98. The molecule has 2 aromatic rings. The van der Waals surface area contributed by atoms with E-state index in [2.05, 4.69) is 63.8 Å². The van der Waals surface area contributed by atoms with Crippen molar-refractivity contribution < 1.29 is 14.3 Å². The molecule has 0 spiro atoms. The molecule has 40 heavy (non-hydrogen) atoms. The van der Waals surface area contributed by atoms with Gasteiger partial charge in [0.15, 0.2) is 0 Å². The number of aromatic nitrogens is 1. The summed E-state index contributed by atoms with van der Waals surface area (Å²) in [5.41, 5.74) is 4.62. The quantitative estimate of drug-likeness (QED) is 0.294. The fraction of sp³-hybridized carbons (Fsp3) is 0.312. The van der Waals surface area contributed by atoms with E-state index in [0.717, 1.165) is 43.7 Å². The van der Waals surface area contributed by atoms with Crippen LogP contribution in [0.3, 0.4) is 0 Å². The zero-order valence-corrected chi connectivity index (χ0v) is 22.7. The van der Waals surface area contributed by atoms with E-state index in [1.54, 1.807) is 18.3 Å². The second-order valence-corrected chi connectivity index (χ2v) is 10.4. The standard InChI is InChI=1S/C32H35N5O3/c1-3-24(19-33-2)32(39)35-31-29(20-36-11-13-40-14-12-36)15-23(18-34-31)9-10-30(38)37-21-27-16-26(17-28(27)22-37)25-7-5-4-6-8-25/h3-10,15-16,18-19,27-28H,1-2,11-14,17,20-22H2,(H,34,35,39)/b10-9+,24-19+. The third-order valence-corrected chi connectivity index (χ3v) is 7.69. The number of hydrogen-bond donors (Lipinski definition) is 1. The summed E-state index contributed by atoms with van der Waals surface area (Å²) in [7, 11) is 0. The molecule has 8 nitrogen and oxygen atoms in total. The van der Waals surface area contributed by atoms with Gasteiger partial charge in [0.2, 0.25) is 5.91 Å². The number of hydrogen-bond acceptors (Lipinski definition) is 6. The first kappa shape index (κ1) is 27.4. The Morgan fingerprint density at radius 1 is 1.18 bits per heavy atom. The summed E-state index contributed by atoms with van der Waals surface area (Å²) in [4.78, 5) is 38.2. The molecule has 1 aromatic carbocycles. The first-order valence-corrected chi connectivity index (χ1v) is 13.7. The van der Waals surface area contributed by atoms with Crippen LogP contribution in [0, 0.1) is 11.8 Å². The molecular weight excluding hydrogens is 502 g/mol. The average Bonchev–Trinajstić information content (AvgIpc) is 3.57. The van der Waals surface area contributed by atoms with Crippen molar-refractivity contribution in [3.8, 4) is 0 Å². The second kappa shape index (κ2) is 12.8. The van der Waals surface area contributed by atoms with Crippen LogP contribution in [0.15, 0.2) is 84.2 Å². The third kappa shape index (κ3) is 6.52. The molecule has 2 atom stereocenters. The summed E-state index contributed by atoms with van der Waals surface area (Å²) >= 11 is 0. The highest BCUT2D eigenvalue weighted by molar-refractivity contribution is 6.05.